The van der Waals surface area contributed by atoms with E-state index >= 15 is 0 Å². The Balaban J connectivity index is 2.61. The van der Waals surface area contributed by atoms with Gasteiger partial charge in [0, 0.05) is 45.3 Å². The van der Waals surface area contributed by atoms with E-state index in [1.807, 2.05) is 0 Å². The highest BCUT2D eigenvalue weighted by Crippen LogP contribution is 2.51. The lowest BCUT2D eigenvalue weighted by molar-refractivity contribution is 0.249. The molecule has 0 fully saturated rings. The zero-order chi connectivity index (χ0) is 30.2. The second-order valence-electron chi connectivity index (χ2n) is 14.6. The van der Waals surface area contributed by atoms with Crippen LogP contribution in [0.2, 0.25) is 0 Å². The van der Waals surface area contributed by atoms with Crippen molar-refractivity contribution < 1.29 is 20.4 Å². The first-order valence-corrected chi connectivity index (χ1v) is 15.5. The Morgan fingerprint density at radius 3 is 1.05 bits per heavy atom. The van der Waals surface area contributed by atoms with Crippen molar-refractivity contribution in [1.29, 1.82) is 0 Å². The summed E-state index contributed by atoms with van der Waals surface area (Å²) in [5.41, 5.74) is 2.29. The number of phenols is 2. The molecule has 2 rings (SSSR count). The third kappa shape index (κ3) is 8.34. The third-order valence-electron chi connectivity index (χ3n) is 7.44. The van der Waals surface area contributed by atoms with Crippen molar-refractivity contribution in [2.75, 3.05) is 13.2 Å². The van der Waals surface area contributed by atoms with Crippen LogP contribution in [0.15, 0.2) is 34.1 Å². The van der Waals surface area contributed by atoms with Crippen molar-refractivity contribution in [2.24, 2.45) is 0 Å². The van der Waals surface area contributed by atoms with Crippen LogP contribution in [0, 0.1) is 0 Å². The van der Waals surface area contributed by atoms with Crippen LogP contribution in [0.1, 0.15) is 118 Å². The average molecular weight is 577 g/mol. The number of thioether (sulfide) groups is 2. The second kappa shape index (κ2) is 11.9. The molecule has 2 aromatic carbocycles. The van der Waals surface area contributed by atoms with Crippen LogP contribution in [-0.4, -0.2) is 37.7 Å². The first kappa shape index (κ1) is 33.9. The largest absolute Gasteiger partial charge is 0.507 e. The second-order valence-corrected chi connectivity index (χ2v) is 18.2. The van der Waals surface area contributed by atoms with Gasteiger partial charge >= 0.3 is 0 Å². The van der Waals surface area contributed by atoms with Crippen LogP contribution in [0.5, 0.6) is 11.5 Å². The summed E-state index contributed by atoms with van der Waals surface area (Å²) in [7, 11) is 0. The van der Waals surface area contributed by atoms with Crippen molar-refractivity contribution in [1.82, 2.24) is 0 Å². The van der Waals surface area contributed by atoms with Gasteiger partial charge in [0.2, 0.25) is 0 Å². The highest BCUT2D eigenvalue weighted by molar-refractivity contribution is 8.18. The number of phenolic OH excluding ortho intramolecular Hbond substituents is 2. The fraction of sp³-hybridized carbons (Fsp3) is 0.636. The molecule has 0 amide bonds. The third-order valence-corrected chi connectivity index (χ3v) is 9.87. The Kier molecular flexibility index (Phi) is 10.3. The minimum Gasteiger partial charge on any atom is -0.507 e. The normalized spacial score (nSPS) is 13.7. The Hall–Kier alpha value is -1.34. The smallest absolute Gasteiger partial charge is 0.123 e. The fourth-order valence-corrected chi connectivity index (χ4v) is 7.51. The Labute approximate surface area is 246 Å². The number of aliphatic hydroxyl groups excluding tert-OH is 2. The van der Waals surface area contributed by atoms with E-state index in [4.69, 9.17) is 0 Å². The van der Waals surface area contributed by atoms with Gasteiger partial charge in [-0.05, 0) is 72.6 Å². The quantitative estimate of drug-likeness (QED) is 0.167. The summed E-state index contributed by atoms with van der Waals surface area (Å²) in [5.74, 6) is 0.639. The van der Waals surface area contributed by atoms with Gasteiger partial charge < -0.3 is 20.4 Å². The molecule has 0 heterocycles. The molecule has 0 saturated carbocycles. The van der Waals surface area contributed by atoms with Gasteiger partial charge in [-0.25, -0.2) is 0 Å². The van der Waals surface area contributed by atoms with Gasteiger partial charge in [-0.2, -0.15) is 0 Å². The van der Waals surface area contributed by atoms with Gasteiger partial charge in [0.25, 0.3) is 0 Å². The molecule has 4 N–H and O–H groups in total. The maximum absolute atomic E-state index is 11.3. The summed E-state index contributed by atoms with van der Waals surface area (Å²) in [5, 5.41) is 42.0. The SMILES string of the molecule is CC(C)(Sc1cc(C(C)(C)C)c(O)c(C(C)(C)CCO)c1)Sc1cc(C(C)(C)C)c(O)c(C(C)(C)CCO)c1. The molecule has 0 unspecified atom stereocenters. The topological polar surface area (TPSA) is 80.9 Å². The number of aliphatic hydroxyl groups is 2. The zero-order valence-corrected chi connectivity index (χ0v) is 27.9. The number of benzene rings is 2. The van der Waals surface area contributed by atoms with Gasteiger partial charge in [0.1, 0.15) is 11.5 Å². The standard InChI is InChI=1S/C33H52O4S2/c1-29(2,3)23-17-21(19-25(27(23)36)31(7,8)13-15-34)38-33(11,12)39-22-18-24(30(4,5)6)28(37)26(20-22)32(9,10)14-16-35/h17-20,34-37H,13-16H2,1-12H3. The van der Waals surface area contributed by atoms with Crippen LogP contribution >= 0.6 is 23.5 Å². The monoisotopic (exact) mass is 576 g/mol. The summed E-state index contributed by atoms with van der Waals surface area (Å²) < 4.78 is -0.269. The predicted molar refractivity (Wildman–Crippen MR) is 169 cm³/mol. The van der Waals surface area contributed by atoms with Crippen LogP contribution in [0.3, 0.4) is 0 Å². The van der Waals surface area contributed by atoms with E-state index in [9.17, 15) is 20.4 Å². The van der Waals surface area contributed by atoms with Gasteiger partial charge in [-0.3, -0.25) is 0 Å². The summed E-state index contributed by atoms with van der Waals surface area (Å²) in [6.45, 7) is 25.5. The van der Waals surface area contributed by atoms with Crippen LogP contribution in [0.4, 0.5) is 0 Å². The lowest BCUT2D eigenvalue weighted by atomic mass is 9.77. The van der Waals surface area contributed by atoms with Gasteiger partial charge in [0.15, 0.2) is 0 Å². The van der Waals surface area contributed by atoms with Crippen molar-refractivity contribution in [3.8, 4) is 11.5 Å². The Morgan fingerprint density at radius 2 is 0.795 bits per heavy atom. The Morgan fingerprint density at radius 1 is 0.513 bits per heavy atom. The molecule has 0 saturated heterocycles. The summed E-state index contributed by atoms with van der Waals surface area (Å²) in [6.07, 6.45) is 1.12. The maximum atomic E-state index is 11.3. The van der Waals surface area contributed by atoms with Gasteiger partial charge in [-0.15, -0.1) is 23.5 Å². The lowest BCUT2D eigenvalue weighted by Gasteiger charge is -2.33. The molecule has 6 heteroatoms. The van der Waals surface area contributed by atoms with Crippen molar-refractivity contribution >= 4 is 23.5 Å². The van der Waals surface area contributed by atoms with Crippen molar-refractivity contribution in [3.05, 3.63) is 46.5 Å². The first-order valence-electron chi connectivity index (χ1n) is 13.9. The van der Waals surface area contributed by atoms with E-state index in [-0.39, 0.29) is 39.0 Å². The number of aromatic hydroxyl groups is 2. The molecule has 0 aliphatic heterocycles. The zero-order valence-electron chi connectivity index (χ0n) is 26.2. The highest BCUT2D eigenvalue weighted by Gasteiger charge is 2.33. The van der Waals surface area contributed by atoms with E-state index in [1.54, 1.807) is 23.5 Å². The maximum Gasteiger partial charge on any atom is 0.123 e. The molecule has 4 nitrogen and oxygen atoms in total. The molecule has 0 aliphatic rings. The summed E-state index contributed by atoms with van der Waals surface area (Å²) in [4.78, 5) is 2.15. The predicted octanol–water partition coefficient (Wildman–Crippen LogP) is 8.63. The molecule has 0 radical (unpaired) electrons. The Bertz CT molecular complexity index is 1060. The molecule has 39 heavy (non-hydrogen) atoms. The van der Waals surface area contributed by atoms with Crippen molar-refractivity contribution in [2.45, 2.75) is 131 Å². The minimum absolute atomic E-state index is 0.0575. The summed E-state index contributed by atoms with van der Waals surface area (Å²) in [6, 6.07) is 8.38. The minimum atomic E-state index is -0.377. The summed E-state index contributed by atoms with van der Waals surface area (Å²) >= 11 is 3.51. The van der Waals surface area contributed by atoms with Crippen LogP contribution in [-0.2, 0) is 21.7 Å². The van der Waals surface area contributed by atoms with E-state index in [2.05, 4.69) is 107 Å². The highest BCUT2D eigenvalue weighted by atomic mass is 32.2. The lowest BCUT2D eigenvalue weighted by Crippen LogP contribution is -2.22. The number of hydrogen-bond acceptors (Lipinski definition) is 6. The number of rotatable bonds is 10. The molecule has 0 aliphatic carbocycles. The van der Waals surface area contributed by atoms with Crippen molar-refractivity contribution in [3.63, 3.8) is 0 Å². The van der Waals surface area contributed by atoms with Crippen LogP contribution in [0.25, 0.3) is 0 Å². The fourth-order valence-electron chi connectivity index (χ4n) is 4.93. The number of hydrogen-bond donors (Lipinski definition) is 4. The van der Waals surface area contributed by atoms with E-state index in [0.29, 0.717) is 24.3 Å². The molecular weight excluding hydrogens is 524 g/mol. The molecule has 0 bridgehead atoms. The molecule has 0 aromatic heterocycles. The molecular formula is C33H52O4S2. The molecule has 2 aromatic rings. The van der Waals surface area contributed by atoms with E-state index in [1.165, 1.54) is 0 Å². The van der Waals surface area contributed by atoms with Gasteiger partial charge in [0.05, 0.1) is 4.08 Å². The molecule has 220 valence electrons. The first-order chi connectivity index (χ1) is 17.6. The molecule has 0 atom stereocenters. The van der Waals surface area contributed by atoms with Gasteiger partial charge in [-0.1, -0.05) is 69.2 Å². The van der Waals surface area contributed by atoms with E-state index < -0.39 is 0 Å². The molecule has 0 spiro atoms. The van der Waals surface area contributed by atoms with E-state index in [0.717, 1.165) is 32.0 Å². The van der Waals surface area contributed by atoms with Crippen LogP contribution < -0.4 is 0 Å². The average Bonchev–Trinajstić information content (AvgIpc) is 2.73.